The van der Waals surface area contributed by atoms with Gasteiger partial charge in [0.15, 0.2) is 6.10 Å². The number of piperidine rings is 1. The summed E-state index contributed by atoms with van der Waals surface area (Å²) in [6.45, 7) is 1.85. The zero-order valence-corrected chi connectivity index (χ0v) is 18.5. The van der Waals surface area contributed by atoms with Crippen LogP contribution in [0.3, 0.4) is 0 Å². The highest BCUT2D eigenvalue weighted by Gasteiger charge is 2.26. The largest absolute Gasteiger partial charge is 0.490 e. The molecule has 4 rings (SSSR count). The molecule has 2 aromatic carbocycles. The first-order valence-electron chi connectivity index (χ1n) is 10.7. The van der Waals surface area contributed by atoms with Gasteiger partial charge < -0.3 is 14.4 Å². The Bertz CT molecular complexity index is 961. The smallest absolute Gasteiger partial charge is 0.410 e. The van der Waals surface area contributed by atoms with Crippen LogP contribution in [0.4, 0.5) is 4.79 Å². The Kier molecular flexibility index (Phi) is 7.55. The number of hydrogen-bond acceptors (Lipinski definition) is 6. The molecule has 1 aliphatic heterocycles. The van der Waals surface area contributed by atoms with Gasteiger partial charge in [-0.15, -0.1) is 5.10 Å². The van der Waals surface area contributed by atoms with Crippen LogP contribution in [0.25, 0.3) is 0 Å². The van der Waals surface area contributed by atoms with Crippen molar-refractivity contribution in [1.29, 1.82) is 0 Å². The molecular weight excluding hydrogens is 430 g/mol. The third-order valence-corrected chi connectivity index (χ3v) is 5.79. The molecule has 1 aromatic heterocycles. The molecule has 168 valence electrons. The van der Waals surface area contributed by atoms with Crippen molar-refractivity contribution in [1.82, 2.24) is 25.1 Å². The lowest BCUT2D eigenvalue weighted by atomic mass is 9.90. The van der Waals surface area contributed by atoms with Crippen LogP contribution in [0.1, 0.15) is 18.4 Å². The maximum atomic E-state index is 12.8. The van der Waals surface area contributed by atoms with Crippen LogP contribution in [0, 0.1) is 5.92 Å². The van der Waals surface area contributed by atoms with Crippen molar-refractivity contribution in [2.45, 2.75) is 31.9 Å². The predicted octanol–water partition coefficient (Wildman–Crippen LogP) is 3.87. The van der Waals surface area contributed by atoms with E-state index in [0.717, 1.165) is 19.3 Å². The minimum atomic E-state index is -0.538. The summed E-state index contributed by atoms with van der Waals surface area (Å²) >= 11 is 5.92. The third kappa shape index (κ3) is 6.43. The molecule has 1 aliphatic rings. The van der Waals surface area contributed by atoms with Gasteiger partial charge >= 0.3 is 6.09 Å². The molecule has 0 saturated carbocycles. The van der Waals surface area contributed by atoms with Gasteiger partial charge in [-0.25, -0.2) is 9.48 Å². The quantitative estimate of drug-likeness (QED) is 0.513. The number of benzene rings is 2. The number of tetrazole rings is 1. The summed E-state index contributed by atoms with van der Waals surface area (Å²) in [5, 5.41) is 11.8. The van der Waals surface area contributed by atoms with Gasteiger partial charge in [0.05, 0.1) is 6.54 Å². The van der Waals surface area contributed by atoms with E-state index in [1.807, 2.05) is 6.07 Å². The van der Waals surface area contributed by atoms with Gasteiger partial charge in [-0.2, -0.15) is 0 Å². The number of rotatable bonds is 8. The number of nitrogens with zero attached hydrogens (tertiary/aromatic N) is 5. The average molecular weight is 456 g/mol. The Morgan fingerprint density at radius 3 is 2.53 bits per heavy atom. The number of likely N-dealkylation sites (tertiary alicyclic amines) is 1. The van der Waals surface area contributed by atoms with Crippen molar-refractivity contribution in [3.05, 3.63) is 71.5 Å². The van der Waals surface area contributed by atoms with Crippen LogP contribution in [0.15, 0.2) is 60.9 Å². The van der Waals surface area contributed by atoms with Gasteiger partial charge in [-0.1, -0.05) is 41.9 Å². The maximum Gasteiger partial charge on any atom is 0.410 e. The number of carbonyl (C=O) groups excluding carboxylic acids is 1. The van der Waals surface area contributed by atoms with E-state index in [4.69, 9.17) is 21.1 Å². The van der Waals surface area contributed by atoms with E-state index in [1.54, 1.807) is 29.2 Å². The molecule has 3 aromatic rings. The van der Waals surface area contributed by atoms with Gasteiger partial charge in [0.25, 0.3) is 0 Å². The highest BCUT2D eigenvalue weighted by atomic mass is 35.5. The molecule has 0 N–H and O–H groups in total. The Balaban J connectivity index is 1.29. The molecular formula is C23H26ClN5O3. The van der Waals surface area contributed by atoms with Gasteiger partial charge in [0, 0.05) is 18.1 Å². The van der Waals surface area contributed by atoms with E-state index in [-0.39, 0.29) is 12.7 Å². The summed E-state index contributed by atoms with van der Waals surface area (Å²) in [6, 6.07) is 17.5. The number of hydrogen-bond donors (Lipinski definition) is 0. The zero-order valence-electron chi connectivity index (χ0n) is 17.7. The average Bonchev–Trinajstić information content (AvgIpc) is 3.33. The van der Waals surface area contributed by atoms with Gasteiger partial charge in [0.1, 0.15) is 18.7 Å². The van der Waals surface area contributed by atoms with Crippen molar-refractivity contribution in [2.75, 3.05) is 19.7 Å². The molecule has 0 aliphatic carbocycles. The first-order chi connectivity index (χ1) is 15.7. The minimum Gasteiger partial charge on any atom is -0.490 e. The Labute approximate surface area is 192 Å². The molecule has 32 heavy (non-hydrogen) atoms. The fraction of sp³-hybridized carbons (Fsp3) is 0.391. The highest BCUT2D eigenvalue weighted by Crippen LogP contribution is 2.22. The van der Waals surface area contributed by atoms with Crippen LogP contribution in [0.5, 0.6) is 5.75 Å². The fourth-order valence-electron chi connectivity index (χ4n) is 3.80. The molecule has 9 heteroatoms. The van der Waals surface area contributed by atoms with Crippen LogP contribution in [-0.2, 0) is 17.7 Å². The summed E-state index contributed by atoms with van der Waals surface area (Å²) in [7, 11) is 0. The fourth-order valence-corrected chi connectivity index (χ4v) is 3.93. The van der Waals surface area contributed by atoms with E-state index >= 15 is 0 Å². The van der Waals surface area contributed by atoms with Crippen LogP contribution >= 0.6 is 11.6 Å². The van der Waals surface area contributed by atoms with Gasteiger partial charge in [0.2, 0.25) is 0 Å². The van der Waals surface area contributed by atoms with Gasteiger partial charge in [-0.05, 0) is 65.4 Å². The van der Waals surface area contributed by atoms with Crippen molar-refractivity contribution < 1.29 is 14.3 Å². The molecule has 1 fully saturated rings. The lowest BCUT2D eigenvalue weighted by Gasteiger charge is -2.32. The lowest BCUT2D eigenvalue weighted by molar-refractivity contribution is 0.0230. The van der Waals surface area contributed by atoms with Crippen molar-refractivity contribution >= 4 is 17.7 Å². The molecule has 8 nitrogen and oxygen atoms in total. The Hall–Kier alpha value is -3.13. The molecule has 2 heterocycles. The Morgan fingerprint density at radius 1 is 1.09 bits per heavy atom. The van der Waals surface area contributed by atoms with Crippen molar-refractivity contribution in [3.63, 3.8) is 0 Å². The number of ether oxygens (including phenoxy) is 2. The number of aromatic nitrogens is 4. The van der Waals surface area contributed by atoms with Crippen LogP contribution in [0.2, 0.25) is 5.02 Å². The monoisotopic (exact) mass is 455 g/mol. The summed E-state index contributed by atoms with van der Waals surface area (Å²) in [5.74, 6) is 1.22. The molecule has 1 saturated heterocycles. The third-order valence-electron chi connectivity index (χ3n) is 5.54. The van der Waals surface area contributed by atoms with Gasteiger partial charge in [-0.3, -0.25) is 0 Å². The standard InChI is InChI=1S/C23H26ClN5O3/c24-20-6-8-21(9-7-20)31-16-22(15-29-17-25-26-27-29)32-23(30)28-12-10-19(11-13-28)14-18-4-2-1-3-5-18/h1-9,17,19,22H,10-16H2. The second-order valence-electron chi connectivity index (χ2n) is 7.92. The van der Waals surface area contributed by atoms with E-state index in [2.05, 4.69) is 39.8 Å². The first kappa shape index (κ1) is 22.1. The van der Waals surface area contributed by atoms with E-state index in [1.165, 1.54) is 16.6 Å². The summed E-state index contributed by atoms with van der Waals surface area (Å²) in [5.41, 5.74) is 1.34. The lowest BCUT2D eigenvalue weighted by Crippen LogP contribution is -2.42. The highest BCUT2D eigenvalue weighted by molar-refractivity contribution is 6.30. The number of carbonyl (C=O) groups is 1. The van der Waals surface area contributed by atoms with Crippen molar-refractivity contribution in [2.24, 2.45) is 5.92 Å². The summed E-state index contributed by atoms with van der Waals surface area (Å²) < 4.78 is 13.1. The molecule has 0 bridgehead atoms. The maximum absolute atomic E-state index is 12.8. The second-order valence-corrected chi connectivity index (χ2v) is 8.36. The molecule has 1 unspecified atom stereocenters. The molecule has 0 radical (unpaired) electrons. The number of amides is 1. The molecule has 1 amide bonds. The second kappa shape index (κ2) is 10.9. The van der Waals surface area contributed by atoms with E-state index < -0.39 is 6.10 Å². The summed E-state index contributed by atoms with van der Waals surface area (Å²) in [6.07, 6.45) is 3.58. The van der Waals surface area contributed by atoms with Crippen molar-refractivity contribution in [3.8, 4) is 5.75 Å². The van der Waals surface area contributed by atoms with E-state index in [0.29, 0.717) is 36.3 Å². The minimum absolute atomic E-state index is 0.178. The zero-order chi connectivity index (χ0) is 22.2. The normalized spacial score (nSPS) is 15.3. The Morgan fingerprint density at radius 2 is 1.84 bits per heavy atom. The van der Waals surface area contributed by atoms with Crippen LogP contribution in [-0.4, -0.2) is 57.0 Å². The summed E-state index contributed by atoms with van der Waals surface area (Å²) in [4.78, 5) is 14.6. The SMILES string of the molecule is O=C(OC(COc1ccc(Cl)cc1)Cn1cnnn1)N1CCC(Cc2ccccc2)CC1. The molecule has 0 spiro atoms. The van der Waals surface area contributed by atoms with E-state index in [9.17, 15) is 4.79 Å². The topological polar surface area (TPSA) is 82.4 Å². The molecule has 1 atom stereocenters. The number of halogens is 1. The van der Waals surface area contributed by atoms with Crippen LogP contribution < -0.4 is 4.74 Å². The predicted molar refractivity (Wildman–Crippen MR) is 119 cm³/mol. The first-order valence-corrected chi connectivity index (χ1v) is 11.1.